The maximum absolute atomic E-state index is 6.53. The summed E-state index contributed by atoms with van der Waals surface area (Å²) in [7, 11) is 0. The van der Waals surface area contributed by atoms with E-state index >= 15 is 0 Å². The van der Waals surface area contributed by atoms with Crippen molar-refractivity contribution in [1.82, 2.24) is 4.57 Å². The van der Waals surface area contributed by atoms with Crippen LogP contribution < -0.4 is 4.90 Å². The van der Waals surface area contributed by atoms with Crippen molar-refractivity contribution in [1.29, 1.82) is 0 Å². The molecule has 0 aliphatic carbocycles. The first-order valence-electron chi connectivity index (χ1n) is 16.7. The summed E-state index contributed by atoms with van der Waals surface area (Å²) in [6.07, 6.45) is 0. The van der Waals surface area contributed by atoms with E-state index < -0.39 is 0 Å². The van der Waals surface area contributed by atoms with Crippen molar-refractivity contribution in [2.75, 3.05) is 4.90 Å². The van der Waals surface area contributed by atoms with E-state index in [1.54, 1.807) is 0 Å². The highest BCUT2D eigenvalue weighted by molar-refractivity contribution is 6.17. The summed E-state index contributed by atoms with van der Waals surface area (Å²) in [5, 5.41) is 7.10. The molecule has 10 aromatic rings. The monoisotopic (exact) mass is 626 g/mol. The molecule has 2 heterocycles. The molecule has 0 saturated heterocycles. The molecule has 0 amide bonds. The lowest BCUT2D eigenvalue weighted by Crippen LogP contribution is -2.14. The molecule has 8 aromatic carbocycles. The van der Waals surface area contributed by atoms with Crippen LogP contribution in [-0.2, 0) is 0 Å². The van der Waals surface area contributed by atoms with E-state index in [0.29, 0.717) is 0 Å². The van der Waals surface area contributed by atoms with Gasteiger partial charge in [0.2, 0.25) is 0 Å². The normalized spacial score (nSPS) is 11.7. The molecular formula is C46H30N2O. The fourth-order valence-electron chi connectivity index (χ4n) is 7.64. The number of anilines is 3. The predicted molar refractivity (Wildman–Crippen MR) is 206 cm³/mol. The van der Waals surface area contributed by atoms with Gasteiger partial charge >= 0.3 is 0 Å². The van der Waals surface area contributed by atoms with E-state index in [1.807, 2.05) is 0 Å². The van der Waals surface area contributed by atoms with Crippen LogP contribution in [0.5, 0.6) is 0 Å². The number of benzene rings is 8. The largest absolute Gasteiger partial charge is 0.456 e. The lowest BCUT2D eigenvalue weighted by atomic mass is 9.96. The van der Waals surface area contributed by atoms with Crippen molar-refractivity contribution < 1.29 is 4.42 Å². The van der Waals surface area contributed by atoms with Crippen molar-refractivity contribution in [3.8, 4) is 16.8 Å². The molecule has 0 aliphatic heterocycles. The van der Waals surface area contributed by atoms with Crippen molar-refractivity contribution in [2.24, 2.45) is 0 Å². The molecule has 0 radical (unpaired) electrons. The molecule has 230 valence electrons. The van der Waals surface area contributed by atoms with Crippen molar-refractivity contribution in [3.05, 3.63) is 182 Å². The number of nitrogens with zero attached hydrogens (tertiary/aromatic N) is 2. The Kier molecular flexibility index (Phi) is 6.18. The highest BCUT2D eigenvalue weighted by atomic mass is 16.3. The number of hydrogen-bond donors (Lipinski definition) is 0. The summed E-state index contributed by atoms with van der Waals surface area (Å²) in [6, 6.07) is 64.9. The molecule has 0 atom stereocenters. The van der Waals surface area contributed by atoms with Gasteiger partial charge in [-0.15, -0.1) is 0 Å². The second-order valence-corrected chi connectivity index (χ2v) is 12.5. The summed E-state index contributed by atoms with van der Waals surface area (Å²) in [6.45, 7) is 0. The van der Waals surface area contributed by atoms with Gasteiger partial charge in [0, 0.05) is 32.8 Å². The molecule has 2 aromatic heterocycles. The van der Waals surface area contributed by atoms with E-state index in [9.17, 15) is 0 Å². The van der Waals surface area contributed by atoms with E-state index in [0.717, 1.165) is 55.8 Å². The Morgan fingerprint density at radius 2 is 1.00 bits per heavy atom. The average molecular weight is 627 g/mol. The number of rotatable bonds is 5. The summed E-state index contributed by atoms with van der Waals surface area (Å²) in [5.41, 5.74) is 10.8. The van der Waals surface area contributed by atoms with Crippen LogP contribution in [0.1, 0.15) is 0 Å². The first-order valence-corrected chi connectivity index (χ1v) is 16.7. The number of furan rings is 1. The van der Waals surface area contributed by atoms with Gasteiger partial charge in [-0.05, 0) is 77.0 Å². The predicted octanol–water partition coefficient (Wildman–Crippen LogP) is 13.0. The van der Waals surface area contributed by atoms with Gasteiger partial charge in [0.1, 0.15) is 11.2 Å². The number of para-hydroxylation sites is 6. The SMILES string of the molecule is c1ccc(N(c2ccccc2-c2cccc3oc4cc5ccccc5cc4c23)c2ccccc2-n2c3ccccc3c3ccccc32)cc1. The lowest BCUT2D eigenvalue weighted by molar-refractivity contribution is 0.669. The molecule has 0 aliphatic rings. The minimum Gasteiger partial charge on any atom is -0.456 e. The zero-order valence-electron chi connectivity index (χ0n) is 26.6. The molecule has 0 fully saturated rings. The summed E-state index contributed by atoms with van der Waals surface area (Å²) in [4.78, 5) is 2.41. The van der Waals surface area contributed by atoms with Gasteiger partial charge in [-0.2, -0.15) is 0 Å². The quantitative estimate of drug-likeness (QED) is 0.190. The molecule has 0 saturated carbocycles. The Labute approximate surface area is 283 Å². The van der Waals surface area contributed by atoms with Gasteiger partial charge in [-0.1, -0.05) is 121 Å². The third kappa shape index (κ3) is 4.29. The summed E-state index contributed by atoms with van der Waals surface area (Å²) >= 11 is 0. The molecule has 3 heteroatoms. The minimum atomic E-state index is 0.884. The molecule has 0 unspecified atom stereocenters. The fourth-order valence-corrected chi connectivity index (χ4v) is 7.64. The number of fused-ring (bicyclic) bond motifs is 7. The third-order valence-electron chi connectivity index (χ3n) is 9.76. The first kappa shape index (κ1) is 27.5. The van der Waals surface area contributed by atoms with Crippen molar-refractivity contribution in [2.45, 2.75) is 0 Å². The fraction of sp³-hybridized carbons (Fsp3) is 0. The van der Waals surface area contributed by atoms with Crippen LogP contribution in [0.15, 0.2) is 186 Å². The molecule has 3 nitrogen and oxygen atoms in total. The molecule has 0 N–H and O–H groups in total. The summed E-state index contributed by atoms with van der Waals surface area (Å²) < 4.78 is 8.94. The zero-order valence-corrected chi connectivity index (χ0v) is 26.6. The topological polar surface area (TPSA) is 21.3 Å². The Balaban J connectivity index is 1.26. The number of aromatic nitrogens is 1. The third-order valence-corrected chi connectivity index (χ3v) is 9.76. The average Bonchev–Trinajstić information content (AvgIpc) is 3.70. The van der Waals surface area contributed by atoms with Crippen LogP contribution in [0.4, 0.5) is 17.1 Å². The first-order chi connectivity index (χ1) is 24.3. The molecule has 10 rings (SSSR count). The zero-order chi connectivity index (χ0) is 32.3. The van der Waals surface area contributed by atoms with Crippen LogP contribution in [0.25, 0.3) is 71.3 Å². The van der Waals surface area contributed by atoms with Crippen molar-refractivity contribution in [3.63, 3.8) is 0 Å². The smallest absolute Gasteiger partial charge is 0.136 e. The van der Waals surface area contributed by atoms with E-state index in [2.05, 4.69) is 191 Å². The van der Waals surface area contributed by atoms with E-state index in [-0.39, 0.29) is 0 Å². The van der Waals surface area contributed by atoms with Crippen LogP contribution in [0, 0.1) is 0 Å². The molecule has 0 spiro atoms. The number of hydrogen-bond acceptors (Lipinski definition) is 2. The molecule has 0 bridgehead atoms. The van der Waals surface area contributed by atoms with Crippen LogP contribution in [0.3, 0.4) is 0 Å². The highest BCUT2D eigenvalue weighted by Crippen LogP contribution is 2.47. The second kappa shape index (κ2) is 11.0. The van der Waals surface area contributed by atoms with Crippen LogP contribution in [-0.4, -0.2) is 4.57 Å². The van der Waals surface area contributed by atoms with Gasteiger partial charge < -0.3 is 13.9 Å². The maximum Gasteiger partial charge on any atom is 0.136 e. The van der Waals surface area contributed by atoms with Gasteiger partial charge in [-0.25, -0.2) is 0 Å². The van der Waals surface area contributed by atoms with Crippen LogP contribution in [0.2, 0.25) is 0 Å². The van der Waals surface area contributed by atoms with Gasteiger partial charge in [-0.3, -0.25) is 0 Å². The minimum absolute atomic E-state index is 0.884. The Bertz CT molecular complexity index is 2790. The highest BCUT2D eigenvalue weighted by Gasteiger charge is 2.23. The lowest BCUT2D eigenvalue weighted by Gasteiger charge is -2.30. The Morgan fingerprint density at radius 1 is 0.408 bits per heavy atom. The van der Waals surface area contributed by atoms with E-state index in [4.69, 9.17) is 4.42 Å². The van der Waals surface area contributed by atoms with Gasteiger partial charge in [0.15, 0.2) is 0 Å². The van der Waals surface area contributed by atoms with Gasteiger partial charge in [0.25, 0.3) is 0 Å². The van der Waals surface area contributed by atoms with Crippen molar-refractivity contribution >= 4 is 71.6 Å². The molecule has 49 heavy (non-hydrogen) atoms. The Hall–Kier alpha value is -6.58. The maximum atomic E-state index is 6.53. The summed E-state index contributed by atoms with van der Waals surface area (Å²) in [5.74, 6) is 0. The van der Waals surface area contributed by atoms with E-state index in [1.165, 1.54) is 32.6 Å². The standard InChI is InChI=1S/C46H30N2O/c1-2-17-33(18-3-1)47(42-26-12-13-27-43(42)48-40-24-10-6-19-34(40)35-20-7-11-25-41(35)48)39-23-9-8-21-36(39)37-22-14-28-44-46(37)38-29-31-15-4-5-16-32(31)30-45(38)49-44/h1-30H. The van der Waals surface area contributed by atoms with Crippen LogP contribution >= 0.6 is 0 Å². The Morgan fingerprint density at radius 3 is 1.78 bits per heavy atom. The van der Waals surface area contributed by atoms with Gasteiger partial charge in [0.05, 0.1) is 28.1 Å². The second-order valence-electron chi connectivity index (χ2n) is 12.5. The molecular weight excluding hydrogens is 597 g/mol.